The molecule has 194 valence electrons. The molecule has 1 heterocycles. The van der Waals surface area contributed by atoms with Gasteiger partial charge in [-0.1, -0.05) is 41.9 Å². The van der Waals surface area contributed by atoms with Gasteiger partial charge in [-0.3, -0.25) is 9.69 Å². The van der Waals surface area contributed by atoms with Crippen molar-refractivity contribution in [3.8, 4) is 5.75 Å². The minimum atomic E-state index is -0.365. The van der Waals surface area contributed by atoms with Crippen molar-refractivity contribution in [1.29, 1.82) is 0 Å². The number of piperazine rings is 1. The fourth-order valence-electron chi connectivity index (χ4n) is 4.29. The summed E-state index contributed by atoms with van der Waals surface area (Å²) in [6.45, 7) is 3.84. The molecule has 4 rings (SSSR count). The first-order valence-corrected chi connectivity index (χ1v) is 12.5. The van der Waals surface area contributed by atoms with Gasteiger partial charge in [0.2, 0.25) is 0 Å². The van der Waals surface area contributed by atoms with E-state index in [1.54, 1.807) is 25.3 Å². The van der Waals surface area contributed by atoms with E-state index in [0.29, 0.717) is 48.1 Å². The third kappa shape index (κ3) is 7.10. The van der Waals surface area contributed by atoms with Gasteiger partial charge in [-0.05, 0) is 53.6 Å². The first-order chi connectivity index (χ1) is 18.0. The van der Waals surface area contributed by atoms with Crippen LogP contribution in [0.15, 0.2) is 72.8 Å². The summed E-state index contributed by atoms with van der Waals surface area (Å²) in [4.78, 5) is 28.9. The lowest BCUT2D eigenvalue weighted by molar-refractivity contribution is 0.00340. The van der Waals surface area contributed by atoms with Crippen LogP contribution in [0.2, 0.25) is 5.02 Å². The lowest BCUT2D eigenvalue weighted by Crippen LogP contribution is -2.49. The van der Waals surface area contributed by atoms with Gasteiger partial charge in [0.15, 0.2) is 0 Å². The second-order valence-electron chi connectivity index (χ2n) is 8.86. The molecule has 0 radical (unpaired) electrons. The van der Waals surface area contributed by atoms with Crippen LogP contribution in [0.25, 0.3) is 0 Å². The van der Waals surface area contributed by atoms with Crippen LogP contribution < -0.4 is 4.74 Å². The van der Waals surface area contributed by atoms with E-state index in [-0.39, 0.29) is 18.0 Å². The Balaban J connectivity index is 1.38. The number of hydrogen-bond acceptors (Lipinski definition) is 6. The average molecular weight is 523 g/mol. The summed E-state index contributed by atoms with van der Waals surface area (Å²) in [5, 5.41) is 0.672. The molecule has 1 aliphatic heterocycles. The molecule has 8 heteroatoms. The van der Waals surface area contributed by atoms with Crippen LogP contribution in [-0.2, 0) is 16.1 Å². The molecule has 37 heavy (non-hydrogen) atoms. The molecule has 0 saturated carbocycles. The predicted molar refractivity (Wildman–Crippen MR) is 142 cm³/mol. The van der Waals surface area contributed by atoms with Crippen LogP contribution in [0.3, 0.4) is 0 Å². The summed E-state index contributed by atoms with van der Waals surface area (Å²) in [6, 6.07) is 22.2. The van der Waals surface area contributed by atoms with Crippen LogP contribution in [0, 0.1) is 0 Å². The molecule has 0 aromatic heterocycles. The largest absolute Gasteiger partial charge is 0.497 e. The Morgan fingerprint density at radius 1 is 0.892 bits per heavy atom. The molecule has 1 aliphatic rings. The minimum Gasteiger partial charge on any atom is -0.497 e. The van der Waals surface area contributed by atoms with Gasteiger partial charge in [0.1, 0.15) is 5.75 Å². The Morgan fingerprint density at radius 3 is 2.24 bits per heavy atom. The summed E-state index contributed by atoms with van der Waals surface area (Å²) in [7, 11) is 2.96. The first kappa shape index (κ1) is 26.7. The molecule has 0 N–H and O–H groups in total. The van der Waals surface area contributed by atoms with E-state index in [2.05, 4.69) is 4.90 Å². The summed E-state index contributed by atoms with van der Waals surface area (Å²) in [6.07, 6.45) is -0.182. The highest BCUT2D eigenvalue weighted by Crippen LogP contribution is 2.24. The maximum Gasteiger partial charge on any atom is 0.337 e. The van der Waals surface area contributed by atoms with Gasteiger partial charge in [-0.2, -0.15) is 0 Å². The summed E-state index contributed by atoms with van der Waals surface area (Å²) >= 11 is 6.11. The molecule has 3 aromatic rings. The molecule has 1 atom stereocenters. The normalized spacial score (nSPS) is 14.7. The van der Waals surface area contributed by atoms with Crippen molar-refractivity contribution in [1.82, 2.24) is 9.80 Å². The second-order valence-corrected chi connectivity index (χ2v) is 9.30. The van der Waals surface area contributed by atoms with Gasteiger partial charge in [0.25, 0.3) is 5.91 Å². The van der Waals surface area contributed by atoms with Crippen molar-refractivity contribution >= 4 is 23.5 Å². The Labute approximate surface area is 222 Å². The number of amides is 1. The van der Waals surface area contributed by atoms with Crippen molar-refractivity contribution < 1.29 is 23.8 Å². The summed E-state index contributed by atoms with van der Waals surface area (Å²) < 4.78 is 16.4. The van der Waals surface area contributed by atoms with E-state index in [1.165, 1.54) is 7.11 Å². The smallest absolute Gasteiger partial charge is 0.337 e. The first-order valence-electron chi connectivity index (χ1n) is 12.2. The zero-order chi connectivity index (χ0) is 26.2. The molecular weight excluding hydrogens is 492 g/mol. The lowest BCUT2D eigenvalue weighted by Gasteiger charge is -2.36. The predicted octanol–water partition coefficient (Wildman–Crippen LogP) is 4.85. The van der Waals surface area contributed by atoms with Gasteiger partial charge in [-0.15, -0.1) is 0 Å². The Bertz CT molecular complexity index is 1190. The number of nitrogens with zero attached hydrogens (tertiary/aromatic N) is 2. The molecule has 3 aromatic carbocycles. The third-order valence-corrected chi connectivity index (χ3v) is 6.72. The van der Waals surface area contributed by atoms with Crippen molar-refractivity contribution in [3.05, 3.63) is 100 Å². The highest BCUT2D eigenvalue weighted by atomic mass is 35.5. The van der Waals surface area contributed by atoms with Gasteiger partial charge in [-0.25, -0.2) is 4.79 Å². The van der Waals surface area contributed by atoms with E-state index in [9.17, 15) is 9.59 Å². The standard InChI is InChI=1S/C29H31ClN2O5/c1-35-26-5-3-4-24(18-26)28(33)32-16-14-31(15-17-32)19-27(22-10-12-25(30)13-11-22)37-20-21-6-8-23(9-7-21)29(34)36-2/h3-13,18,27H,14-17,19-20H2,1-2H3/t27-/m1/s1. The maximum absolute atomic E-state index is 13.0. The van der Waals surface area contributed by atoms with E-state index in [4.69, 9.17) is 25.8 Å². The monoisotopic (exact) mass is 522 g/mol. The van der Waals surface area contributed by atoms with Gasteiger partial charge < -0.3 is 19.1 Å². The zero-order valence-electron chi connectivity index (χ0n) is 21.1. The number of ether oxygens (including phenoxy) is 3. The third-order valence-electron chi connectivity index (χ3n) is 6.47. The number of carbonyl (C=O) groups is 2. The molecule has 1 amide bonds. The fraction of sp³-hybridized carbons (Fsp3) is 0.310. The lowest BCUT2D eigenvalue weighted by atomic mass is 10.1. The SMILES string of the molecule is COC(=O)c1ccc(CO[C@H](CN2CCN(C(=O)c3cccc(OC)c3)CC2)c2ccc(Cl)cc2)cc1. The number of hydrogen-bond donors (Lipinski definition) is 0. The van der Waals surface area contributed by atoms with Crippen LogP contribution in [-0.4, -0.2) is 68.6 Å². The van der Waals surface area contributed by atoms with Crippen molar-refractivity contribution in [2.24, 2.45) is 0 Å². The van der Waals surface area contributed by atoms with Crippen LogP contribution in [0.1, 0.15) is 37.9 Å². The topological polar surface area (TPSA) is 68.3 Å². The Hall–Kier alpha value is -3.39. The molecule has 0 unspecified atom stereocenters. The molecule has 1 fully saturated rings. The van der Waals surface area contributed by atoms with Gasteiger partial charge >= 0.3 is 5.97 Å². The van der Waals surface area contributed by atoms with E-state index in [1.807, 2.05) is 59.5 Å². The van der Waals surface area contributed by atoms with E-state index < -0.39 is 0 Å². The summed E-state index contributed by atoms with van der Waals surface area (Å²) in [5.41, 5.74) is 3.13. The van der Waals surface area contributed by atoms with Crippen molar-refractivity contribution in [3.63, 3.8) is 0 Å². The van der Waals surface area contributed by atoms with Gasteiger partial charge in [0.05, 0.1) is 32.5 Å². The maximum atomic E-state index is 13.0. The van der Waals surface area contributed by atoms with Crippen LogP contribution in [0.5, 0.6) is 5.75 Å². The molecular formula is C29H31ClN2O5. The van der Waals surface area contributed by atoms with E-state index in [0.717, 1.165) is 24.2 Å². The van der Waals surface area contributed by atoms with E-state index >= 15 is 0 Å². The number of carbonyl (C=O) groups excluding carboxylic acids is 2. The van der Waals surface area contributed by atoms with Crippen molar-refractivity contribution in [2.75, 3.05) is 46.9 Å². The second kappa shape index (κ2) is 12.7. The van der Waals surface area contributed by atoms with Crippen molar-refractivity contribution in [2.45, 2.75) is 12.7 Å². The minimum absolute atomic E-state index is 0.0134. The fourth-order valence-corrected chi connectivity index (χ4v) is 4.42. The molecule has 0 bridgehead atoms. The number of benzene rings is 3. The number of methoxy groups -OCH3 is 2. The molecule has 7 nitrogen and oxygen atoms in total. The van der Waals surface area contributed by atoms with Gasteiger partial charge in [0, 0.05) is 43.3 Å². The quantitative estimate of drug-likeness (QED) is 0.374. The van der Waals surface area contributed by atoms with Crippen LogP contribution in [0.4, 0.5) is 0 Å². The average Bonchev–Trinajstić information content (AvgIpc) is 2.95. The zero-order valence-corrected chi connectivity index (χ0v) is 21.8. The molecule has 0 aliphatic carbocycles. The summed E-state index contributed by atoms with van der Waals surface area (Å²) in [5.74, 6) is 0.322. The number of halogens is 1. The Morgan fingerprint density at radius 2 is 1.59 bits per heavy atom. The number of esters is 1. The molecule has 1 saturated heterocycles. The molecule has 0 spiro atoms. The number of rotatable bonds is 9. The Kier molecular flexibility index (Phi) is 9.17. The highest BCUT2D eigenvalue weighted by molar-refractivity contribution is 6.30. The highest BCUT2D eigenvalue weighted by Gasteiger charge is 2.25. The van der Waals surface area contributed by atoms with Crippen LogP contribution >= 0.6 is 11.6 Å².